The van der Waals surface area contributed by atoms with Crippen LogP contribution in [0.25, 0.3) is 0 Å². The number of nitrogens with one attached hydrogen (secondary N) is 2. The minimum Gasteiger partial charge on any atom is -0.444 e. The second kappa shape index (κ2) is 27.6. The van der Waals surface area contributed by atoms with Gasteiger partial charge in [0.15, 0.2) is 31.9 Å². The molecule has 2 N–H and O–H groups in total. The summed E-state index contributed by atoms with van der Waals surface area (Å²) in [4.78, 5) is 56.6. The summed E-state index contributed by atoms with van der Waals surface area (Å²) in [6.45, 7) is 23.7. The number of carbonyl (C=O) groups is 4. The molecule has 4 amide bonds. The Labute approximate surface area is 505 Å². The van der Waals surface area contributed by atoms with Crippen molar-refractivity contribution in [3.8, 4) is 0 Å². The summed E-state index contributed by atoms with van der Waals surface area (Å²) < 4.78 is 75.2. The number of carbonyl (C=O) groups excluding carboxylic acids is 4. The fourth-order valence-corrected chi connectivity index (χ4v) is 12.7. The lowest BCUT2D eigenvalue weighted by Gasteiger charge is -2.48. The topological polar surface area (TPSA) is 204 Å². The maximum Gasteiger partial charge on any atom is 0.407 e. The van der Waals surface area contributed by atoms with Crippen LogP contribution in [0.15, 0.2) is 97.1 Å². The van der Waals surface area contributed by atoms with Crippen LogP contribution < -0.4 is 10.6 Å². The van der Waals surface area contributed by atoms with Crippen LogP contribution in [0.2, 0.25) is 20.1 Å². The lowest BCUT2D eigenvalue weighted by molar-refractivity contribution is -0.178. The Hall–Kier alpha value is -4.66. The lowest BCUT2D eigenvalue weighted by atomic mass is 9.90. The van der Waals surface area contributed by atoms with Gasteiger partial charge in [-0.1, -0.05) is 109 Å². The third-order valence-electron chi connectivity index (χ3n) is 13.7. The summed E-state index contributed by atoms with van der Waals surface area (Å²) in [6, 6.07) is 25.6. The van der Waals surface area contributed by atoms with Crippen LogP contribution in [0.4, 0.5) is 9.59 Å². The SMILES string of the molecule is CC[C@@H](CS(=O)(=O)C(C)(C)C)N1C(=O)[C@@H](CNC(=O)OC(C)(C)C)O[C@H](c2cccc(Cl)c2)[C@H]1c1ccc(Cl)cc1.CC[C@@H](CS(=O)(=O)C(C)(C)C)N1C(=O)[C@H](CNC(=O)OC(C)(C)C)O[C@H](c2cccc(Cl)c2)[C@H]1c1ccc(Cl)cc1. The van der Waals surface area contributed by atoms with Gasteiger partial charge in [-0.05, 0) is 167 Å². The van der Waals surface area contributed by atoms with Crippen molar-refractivity contribution in [2.45, 2.75) is 179 Å². The summed E-state index contributed by atoms with van der Waals surface area (Å²) in [7, 11) is -7.23. The zero-order valence-electron chi connectivity index (χ0n) is 49.2. The van der Waals surface area contributed by atoms with Gasteiger partial charge in [-0.3, -0.25) is 9.59 Å². The van der Waals surface area contributed by atoms with Crippen molar-refractivity contribution < 1.29 is 55.0 Å². The molecule has 2 aliphatic heterocycles. The minimum absolute atomic E-state index is 0.170. The van der Waals surface area contributed by atoms with Gasteiger partial charge in [-0.15, -0.1) is 0 Å². The number of sulfone groups is 2. The summed E-state index contributed by atoms with van der Waals surface area (Å²) in [5.41, 5.74) is 1.38. The molecule has 2 aliphatic rings. The summed E-state index contributed by atoms with van der Waals surface area (Å²) in [6.07, 6.45) is -4.32. The maximum atomic E-state index is 14.2. The maximum absolute atomic E-state index is 14.2. The normalized spacial score (nSPS) is 21.0. The van der Waals surface area contributed by atoms with E-state index < -0.39 is 113 Å². The van der Waals surface area contributed by atoms with E-state index in [4.69, 9.17) is 65.4 Å². The van der Waals surface area contributed by atoms with Crippen LogP contribution in [0.1, 0.15) is 156 Å². The molecule has 0 aliphatic carbocycles. The average molecular weight is 1260 g/mol. The van der Waals surface area contributed by atoms with Crippen LogP contribution in [0.3, 0.4) is 0 Å². The number of alkyl carbamates (subject to hydrolysis) is 2. The zero-order chi connectivity index (χ0) is 61.5. The van der Waals surface area contributed by atoms with Gasteiger partial charge < -0.3 is 39.4 Å². The monoisotopic (exact) mass is 1250 g/mol. The molecule has 22 heteroatoms. The molecule has 0 aromatic heterocycles. The van der Waals surface area contributed by atoms with Crippen molar-refractivity contribution in [3.63, 3.8) is 0 Å². The molecule has 8 atom stereocenters. The number of morpholine rings is 2. The molecular weight excluding hydrogens is 1170 g/mol. The first-order chi connectivity index (χ1) is 37.9. The van der Waals surface area contributed by atoms with Crippen LogP contribution in [0, 0.1) is 0 Å². The smallest absolute Gasteiger partial charge is 0.407 e. The molecule has 4 aromatic rings. The van der Waals surface area contributed by atoms with Crippen molar-refractivity contribution in [1.29, 1.82) is 0 Å². The fraction of sp³-hybridized carbons (Fsp3) is 0.533. The van der Waals surface area contributed by atoms with E-state index in [9.17, 15) is 36.0 Å². The molecular formula is C60H80Cl4N4O12S2. The number of ether oxygens (including phenoxy) is 4. The summed E-state index contributed by atoms with van der Waals surface area (Å²) >= 11 is 25.1. The molecule has 0 unspecified atom stereocenters. The molecule has 4 aromatic carbocycles. The molecule has 82 heavy (non-hydrogen) atoms. The Morgan fingerprint density at radius 1 is 0.512 bits per heavy atom. The highest BCUT2D eigenvalue weighted by atomic mass is 35.5. The lowest BCUT2D eigenvalue weighted by Crippen LogP contribution is -2.59. The molecule has 2 fully saturated rings. The highest BCUT2D eigenvalue weighted by Gasteiger charge is 2.50. The van der Waals surface area contributed by atoms with Crippen molar-refractivity contribution >= 4 is 90.1 Å². The summed E-state index contributed by atoms with van der Waals surface area (Å²) in [5, 5.41) is 7.28. The Kier molecular flexibility index (Phi) is 22.9. The number of halogens is 4. The Balaban J connectivity index is 0.000000301. The number of nitrogens with zero attached hydrogens (tertiary/aromatic N) is 2. The molecule has 0 radical (unpaired) electrons. The molecule has 6 rings (SSSR count). The van der Waals surface area contributed by atoms with Crippen molar-refractivity contribution in [2.75, 3.05) is 24.6 Å². The third-order valence-corrected chi connectivity index (χ3v) is 20.1. The quantitative estimate of drug-likeness (QED) is 0.108. The second-order valence-corrected chi connectivity index (χ2v) is 31.7. The highest BCUT2D eigenvalue weighted by molar-refractivity contribution is 7.93. The van der Waals surface area contributed by atoms with Gasteiger partial charge in [0.05, 0.1) is 46.2 Å². The number of hydrogen-bond acceptors (Lipinski definition) is 12. The fourth-order valence-electron chi connectivity index (χ4n) is 9.26. The van der Waals surface area contributed by atoms with E-state index in [-0.39, 0.29) is 24.6 Å². The number of benzene rings is 4. The van der Waals surface area contributed by atoms with Gasteiger partial charge in [-0.2, -0.15) is 0 Å². The van der Waals surface area contributed by atoms with Crippen LogP contribution in [-0.4, -0.2) is 120 Å². The largest absolute Gasteiger partial charge is 0.444 e. The first kappa shape index (κ1) is 68.1. The van der Waals surface area contributed by atoms with Gasteiger partial charge in [0.25, 0.3) is 11.8 Å². The first-order valence-corrected chi connectivity index (χ1v) is 32.0. The first-order valence-electron chi connectivity index (χ1n) is 27.2. The third kappa shape index (κ3) is 18.2. The van der Waals surface area contributed by atoms with E-state index in [0.717, 1.165) is 11.1 Å². The number of amides is 4. The molecule has 2 heterocycles. The van der Waals surface area contributed by atoms with Gasteiger partial charge >= 0.3 is 12.2 Å². The highest BCUT2D eigenvalue weighted by Crippen LogP contribution is 2.46. The minimum atomic E-state index is -3.61. The molecule has 0 spiro atoms. The Morgan fingerprint density at radius 3 is 1.10 bits per heavy atom. The predicted octanol–water partition coefficient (Wildman–Crippen LogP) is 13.0. The van der Waals surface area contributed by atoms with Crippen LogP contribution in [0.5, 0.6) is 0 Å². The van der Waals surface area contributed by atoms with Gasteiger partial charge in [0.1, 0.15) is 23.4 Å². The van der Waals surface area contributed by atoms with Gasteiger partial charge in [-0.25, -0.2) is 26.4 Å². The van der Waals surface area contributed by atoms with Crippen molar-refractivity contribution in [1.82, 2.24) is 20.4 Å². The van der Waals surface area contributed by atoms with E-state index in [1.54, 1.807) is 178 Å². The Morgan fingerprint density at radius 2 is 0.829 bits per heavy atom. The van der Waals surface area contributed by atoms with E-state index >= 15 is 0 Å². The van der Waals surface area contributed by atoms with Crippen LogP contribution >= 0.6 is 46.4 Å². The van der Waals surface area contributed by atoms with E-state index in [1.807, 2.05) is 26.0 Å². The molecule has 16 nitrogen and oxygen atoms in total. The van der Waals surface area contributed by atoms with Gasteiger partial charge in [0.2, 0.25) is 0 Å². The molecule has 2 saturated heterocycles. The predicted molar refractivity (Wildman–Crippen MR) is 324 cm³/mol. The van der Waals surface area contributed by atoms with Gasteiger partial charge in [0, 0.05) is 32.2 Å². The van der Waals surface area contributed by atoms with Crippen molar-refractivity contribution in [3.05, 3.63) is 139 Å². The summed E-state index contributed by atoms with van der Waals surface area (Å²) in [5.74, 6) is -1.35. The zero-order valence-corrected chi connectivity index (χ0v) is 53.9. The molecule has 0 bridgehead atoms. The van der Waals surface area contributed by atoms with E-state index in [1.165, 1.54) is 0 Å². The van der Waals surface area contributed by atoms with Crippen molar-refractivity contribution in [2.24, 2.45) is 0 Å². The number of hydrogen-bond donors (Lipinski definition) is 2. The number of rotatable bonds is 16. The standard InChI is InChI=1S/2C30H40Cl2N2O6S/c2*1-8-23(18-41(37,38)30(5,6)7)34-25(19-12-14-21(31)15-13-19)26(20-10-9-11-22(32)16-20)39-24(27(34)35)17-33-28(36)40-29(2,3)4/h2*9-16,23-26H,8,17-18H2,1-7H3,(H,33,36)/t23-,24+,25+,26+;23-,24-,25+,26+/m00/s1. The second-order valence-electron chi connectivity index (χ2n) is 24.4. The molecule has 452 valence electrons. The molecule has 0 saturated carbocycles. The van der Waals surface area contributed by atoms with Crippen LogP contribution in [-0.2, 0) is 48.2 Å². The Bertz CT molecular complexity index is 2880. The average Bonchev–Trinajstić information content (AvgIpc) is 3.53. The van der Waals surface area contributed by atoms with E-state index in [2.05, 4.69) is 10.6 Å². The van der Waals surface area contributed by atoms with E-state index in [0.29, 0.717) is 44.1 Å².